The Morgan fingerprint density at radius 1 is 1.00 bits per heavy atom. The van der Waals surface area contributed by atoms with Crippen LogP contribution in [0.2, 0.25) is 0 Å². The third kappa shape index (κ3) is 3.82. The number of carbonyl (C=O) groups is 1. The second-order valence-electron chi connectivity index (χ2n) is 9.01. The number of rotatable bonds is 5. The van der Waals surface area contributed by atoms with E-state index in [9.17, 15) is 14.0 Å². The van der Waals surface area contributed by atoms with Crippen LogP contribution in [0.1, 0.15) is 41.5 Å². The number of nitrogens with zero attached hydrogens (tertiary/aromatic N) is 1. The minimum absolute atomic E-state index is 0.140. The van der Waals surface area contributed by atoms with Crippen molar-refractivity contribution in [3.05, 3.63) is 106 Å². The lowest BCUT2D eigenvalue weighted by Gasteiger charge is -2.18. The largest absolute Gasteiger partial charge is 0.324 e. The lowest BCUT2D eigenvalue weighted by molar-refractivity contribution is -0.118. The number of carbonyl (C=O) groups excluding carboxylic acids is 1. The van der Waals surface area contributed by atoms with Gasteiger partial charge in [0, 0.05) is 17.5 Å². The number of aromatic nitrogens is 1. The van der Waals surface area contributed by atoms with Gasteiger partial charge in [-0.15, -0.1) is 11.8 Å². The zero-order valence-corrected chi connectivity index (χ0v) is 19.3. The monoisotopic (exact) mass is 470 g/mol. The summed E-state index contributed by atoms with van der Waals surface area (Å²) in [5.74, 6) is 0.352. The Morgan fingerprint density at radius 2 is 1.76 bits per heavy atom. The van der Waals surface area contributed by atoms with Crippen LogP contribution in [0.15, 0.2) is 82.6 Å². The van der Waals surface area contributed by atoms with Gasteiger partial charge in [-0.3, -0.25) is 14.2 Å². The lowest BCUT2D eigenvalue weighted by Crippen LogP contribution is -2.33. The van der Waals surface area contributed by atoms with Gasteiger partial charge in [-0.25, -0.2) is 4.39 Å². The van der Waals surface area contributed by atoms with Crippen molar-refractivity contribution in [2.24, 2.45) is 0 Å². The smallest absolute Gasteiger partial charge is 0.252 e. The molecule has 1 aromatic heterocycles. The highest BCUT2D eigenvalue weighted by Crippen LogP contribution is 2.48. The summed E-state index contributed by atoms with van der Waals surface area (Å²) in [7, 11) is 0. The molecular weight excluding hydrogens is 447 g/mol. The van der Waals surface area contributed by atoms with E-state index in [0.29, 0.717) is 23.8 Å². The summed E-state index contributed by atoms with van der Waals surface area (Å²) in [6, 6.07) is 21.5. The van der Waals surface area contributed by atoms with E-state index >= 15 is 0 Å². The molecule has 2 heterocycles. The van der Waals surface area contributed by atoms with Crippen molar-refractivity contribution in [3.8, 4) is 0 Å². The molecule has 6 heteroatoms. The highest BCUT2D eigenvalue weighted by Gasteiger charge is 2.37. The summed E-state index contributed by atoms with van der Waals surface area (Å²) < 4.78 is 14.9. The Balaban J connectivity index is 1.37. The summed E-state index contributed by atoms with van der Waals surface area (Å²) in [6.07, 6.45) is 2.92. The minimum Gasteiger partial charge on any atom is -0.324 e. The molecular formula is C28H23FN2O2S. The number of anilines is 1. The van der Waals surface area contributed by atoms with Crippen LogP contribution in [0.3, 0.4) is 0 Å². The molecule has 3 aromatic carbocycles. The summed E-state index contributed by atoms with van der Waals surface area (Å²) in [5, 5.41) is 6.17. The van der Waals surface area contributed by atoms with Gasteiger partial charge in [0.1, 0.15) is 11.9 Å². The molecule has 6 rings (SSSR count). The number of hydrogen-bond donors (Lipinski definition) is 1. The van der Waals surface area contributed by atoms with E-state index in [2.05, 4.69) is 35.6 Å². The van der Waals surface area contributed by atoms with E-state index < -0.39 is 6.04 Å². The van der Waals surface area contributed by atoms with Crippen molar-refractivity contribution in [2.75, 3.05) is 11.1 Å². The fourth-order valence-electron chi connectivity index (χ4n) is 4.90. The molecule has 0 saturated heterocycles. The fourth-order valence-corrected chi connectivity index (χ4v) is 6.32. The van der Waals surface area contributed by atoms with Crippen molar-refractivity contribution in [2.45, 2.75) is 36.2 Å². The quantitative estimate of drug-likeness (QED) is 0.395. The first-order chi connectivity index (χ1) is 16.6. The van der Waals surface area contributed by atoms with Crippen LogP contribution in [0, 0.1) is 5.82 Å². The molecule has 4 aromatic rings. The summed E-state index contributed by atoms with van der Waals surface area (Å²) in [5.41, 5.74) is 3.89. The number of pyridine rings is 1. The van der Waals surface area contributed by atoms with Crippen LogP contribution < -0.4 is 10.9 Å². The predicted octanol–water partition coefficient (Wildman–Crippen LogP) is 5.89. The van der Waals surface area contributed by atoms with Crippen LogP contribution in [-0.4, -0.2) is 16.2 Å². The predicted molar refractivity (Wildman–Crippen MR) is 134 cm³/mol. The Morgan fingerprint density at radius 3 is 2.56 bits per heavy atom. The Bertz CT molecular complexity index is 1470. The van der Waals surface area contributed by atoms with Crippen molar-refractivity contribution >= 4 is 34.1 Å². The minimum atomic E-state index is -0.582. The van der Waals surface area contributed by atoms with Crippen molar-refractivity contribution in [3.63, 3.8) is 0 Å². The van der Waals surface area contributed by atoms with Crippen LogP contribution in [0.4, 0.5) is 10.1 Å². The molecule has 0 unspecified atom stereocenters. The average molecular weight is 471 g/mol. The summed E-state index contributed by atoms with van der Waals surface area (Å²) in [4.78, 5) is 26.4. The van der Waals surface area contributed by atoms with E-state index in [1.807, 2.05) is 12.1 Å². The number of thioether (sulfide) groups is 1. The summed E-state index contributed by atoms with van der Waals surface area (Å²) >= 11 is 1.60. The first-order valence-electron chi connectivity index (χ1n) is 11.5. The molecule has 0 spiro atoms. The van der Waals surface area contributed by atoms with E-state index in [1.165, 1.54) is 46.2 Å². The number of amides is 1. The third-order valence-electron chi connectivity index (χ3n) is 6.68. The van der Waals surface area contributed by atoms with Crippen LogP contribution in [-0.2, 0) is 11.2 Å². The van der Waals surface area contributed by atoms with Gasteiger partial charge in [0.2, 0.25) is 5.91 Å². The number of benzene rings is 3. The Hall–Kier alpha value is -3.38. The molecule has 170 valence electrons. The number of nitrogens with one attached hydrogen (secondary N) is 1. The molecule has 1 aliphatic carbocycles. The maximum absolute atomic E-state index is 13.3. The molecule has 0 radical (unpaired) electrons. The first-order valence-corrected chi connectivity index (χ1v) is 12.5. The second-order valence-corrected chi connectivity index (χ2v) is 10.0. The second kappa shape index (κ2) is 8.44. The van der Waals surface area contributed by atoms with E-state index in [-0.39, 0.29) is 17.3 Å². The van der Waals surface area contributed by atoms with E-state index in [4.69, 9.17) is 0 Å². The molecule has 4 nitrogen and oxygen atoms in total. The standard InChI is InChI=1S/C28H23FN2O2S/c29-21-10-12-22(13-11-21)30-27(33)24-16-34-28-26(18-8-9-18)20(15-25(32)31(24)28)14-19-6-3-5-17-4-1-2-7-23(17)19/h1-7,10-13,15,18,24H,8-9,14,16H2,(H,30,33)/t24-/m0/s1. The van der Waals surface area contributed by atoms with Gasteiger partial charge in [-0.05, 0) is 76.9 Å². The van der Waals surface area contributed by atoms with Gasteiger partial charge >= 0.3 is 0 Å². The average Bonchev–Trinajstić information content (AvgIpc) is 3.57. The van der Waals surface area contributed by atoms with Crippen LogP contribution in [0.25, 0.3) is 10.8 Å². The molecule has 34 heavy (non-hydrogen) atoms. The molecule has 1 amide bonds. The molecule has 1 fully saturated rings. The number of fused-ring (bicyclic) bond motifs is 2. The highest BCUT2D eigenvalue weighted by molar-refractivity contribution is 7.99. The molecule has 2 aliphatic rings. The molecule has 0 bridgehead atoms. The normalized spacial score (nSPS) is 17.0. The maximum Gasteiger partial charge on any atom is 0.252 e. The van der Waals surface area contributed by atoms with Gasteiger partial charge < -0.3 is 5.32 Å². The van der Waals surface area contributed by atoms with Gasteiger partial charge in [-0.1, -0.05) is 42.5 Å². The van der Waals surface area contributed by atoms with Crippen molar-refractivity contribution < 1.29 is 9.18 Å². The van der Waals surface area contributed by atoms with Gasteiger partial charge in [0.05, 0.1) is 5.03 Å². The molecule has 1 saturated carbocycles. The topological polar surface area (TPSA) is 51.1 Å². The molecule has 1 atom stereocenters. The van der Waals surface area contributed by atoms with Crippen molar-refractivity contribution in [1.82, 2.24) is 4.57 Å². The van der Waals surface area contributed by atoms with Gasteiger partial charge in [0.15, 0.2) is 0 Å². The van der Waals surface area contributed by atoms with Crippen LogP contribution >= 0.6 is 11.8 Å². The van der Waals surface area contributed by atoms with Crippen LogP contribution in [0.5, 0.6) is 0 Å². The maximum atomic E-state index is 13.3. The Kier molecular flexibility index (Phi) is 5.26. The molecule has 1 aliphatic heterocycles. The van der Waals surface area contributed by atoms with Gasteiger partial charge in [0.25, 0.3) is 5.56 Å². The van der Waals surface area contributed by atoms with Gasteiger partial charge in [-0.2, -0.15) is 0 Å². The summed E-state index contributed by atoms with van der Waals surface area (Å²) in [6.45, 7) is 0. The Labute approximate surface area is 200 Å². The number of halogens is 1. The number of hydrogen-bond acceptors (Lipinski definition) is 3. The third-order valence-corrected chi connectivity index (χ3v) is 7.85. The highest BCUT2D eigenvalue weighted by atomic mass is 32.2. The van der Waals surface area contributed by atoms with E-state index in [0.717, 1.165) is 23.4 Å². The zero-order valence-electron chi connectivity index (χ0n) is 18.5. The lowest BCUT2D eigenvalue weighted by atomic mass is 9.95. The first kappa shape index (κ1) is 21.2. The zero-order chi connectivity index (χ0) is 23.2. The SMILES string of the molecule is O=C(Nc1ccc(F)cc1)[C@@H]1CSc2c(C3CC3)c(Cc3cccc4ccccc34)cc(=O)n21. The molecule has 1 N–H and O–H groups in total. The fraction of sp³-hybridized carbons (Fsp3) is 0.214. The van der Waals surface area contributed by atoms with Crippen molar-refractivity contribution in [1.29, 1.82) is 0 Å². The van der Waals surface area contributed by atoms with E-state index in [1.54, 1.807) is 22.4 Å².